The Bertz CT molecular complexity index is 985. The van der Waals surface area contributed by atoms with Crippen LogP contribution < -0.4 is 0 Å². The Morgan fingerprint density at radius 2 is 1.07 bits per heavy atom. The largest absolute Gasteiger partial charge is 0.376 e. The number of hydrogen-bond acceptors (Lipinski definition) is 4. The third-order valence-electron chi connectivity index (χ3n) is 5.40. The molecular weight excluding hydrogens is 412 g/mol. The predicted octanol–water partition coefficient (Wildman–Crippen LogP) is 7.98. The topological polar surface area (TPSA) is 20.2 Å². The third kappa shape index (κ3) is 4.01. The van der Waals surface area contributed by atoms with E-state index >= 15 is 0 Å². The molecule has 3 aromatic rings. The van der Waals surface area contributed by atoms with Crippen LogP contribution in [0.15, 0.2) is 18.2 Å². The lowest BCUT2D eigenvalue weighted by Crippen LogP contribution is -2.32. The molecule has 0 aromatic carbocycles. The van der Waals surface area contributed by atoms with Gasteiger partial charge in [-0.05, 0) is 56.7 Å². The highest BCUT2D eigenvalue weighted by atomic mass is 32.1. The minimum Gasteiger partial charge on any atom is -0.376 e. The monoisotopic (exact) mass is 446 g/mol. The van der Waals surface area contributed by atoms with E-state index in [9.17, 15) is 5.11 Å². The molecule has 0 unspecified atom stereocenters. The van der Waals surface area contributed by atoms with E-state index < -0.39 is 5.60 Å². The van der Waals surface area contributed by atoms with Gasteiger partial charge in [0.25, 0.3) is 0 Å². The van der Waals surface area contributed by atoms with Crippen LogP contribution in [0.4, 0.5) is 0 Å². The van der Waals surface area contributed by atoms with E-state index in [1.54, 1.807) is 22.7 Å². The van der Waals surface area contributed by atoms with Crippen molar-refractivity contribution >= 4 is 34.0 Å². The van der Waals surface area contributed by atoms with Crippen molar-refractivity contribution in [2.45, 2.75) is 85.7 Å². The van der Waals surface area contributed by atoms with E-state index in [4.69, 9.17) is 0 Å². The molecule has 0 amide bonds. The first kappa shape index (κ1) is 22.7. The molecule has 0 aliphatic heterocycles. The van der Waals surface area contributed by atoms with Gasteiger partial charge in [0.15, 0.2) is 0 Å². The standard InChI is InChI=1S/C25H34OS3/c1-14-11-18(16(3)27-14)25(26,19-12-15(2)28-17(19)4)20-13-21(23(5,6)7)29-22(20)24(8,9)10/h11-13,26H,1-10H3. The van der Waals surface area contributed by atoms with Gasteiger partial charge in [-0.25, -0.2) is 0 Å². The second-order valence-corrected chi connectivity index (χ2v) is 14.2. The van der Waals surface area contributed by atoms with Gasteiger partial charge in [-0.15, -0.1) is 34.0 Å². The van der Waals surface area contributed by atoms with E-state index in [2.05, 4.69) is 87.4 Å². The molecule has 3 heterocycles. The number of aryl methyl sites for hydroxylation is 4. The summed E-state index contributed by atoms with van der Waals surface area (Å²) in [5, 5.41) is 12.7. The van der Waals surface area contributed by atoms with Crippen molar-refractivity contribution in [3.63, 3.8) is 0 Å². The zero-order chi connectivity index (χ0) is 21.9. The normalized spacial score (nSPS) is 13.3. The van der Waals surface area contributed by atoms with Gasteiger partial charge in [-0.3, -0.25) is 0 Å². The van der Waals surface area contributed by atoms with Crippen LogP contribution in [0.5, 0.6) is 0 Å². The molecule has 3 rings (SSSR count). The molecule has 0 aliphatic rings. The maximum Gasteiger partial charge on any atom is 0.143 e. The summed E-state index contributed by atoms with van der Waals surface area (Å²) in [7, 11) is 0. The first-order valence-electron chi connectivity index (χ1n) is 10.2. The fraction of sp³-hybridized carbons (Fsp3) is 0.520. The Balaban J connectivity index is 2.44. The molecule has 29 heavy (non-hydrogen) atoms. The zero-order valence-electron chi connectivity index (χ0n) is 19.4. The van der Waals surface area contributed by atoms with Crippen molar-refractivity contribution < 1.29 is 5.11 Å². The van der Waals surface area contributed by atoms with Crippen LogP contribution in [0.25, 0.3) is 0 Å². The summed E-state index contributed by atoms with van der Waals surface area (Å²) >= 11 is 5.40. The van der Waals surface area contributed by atoms with E-state index in [1.165, 1.54) is 29.3 Å². The number of rotatable bonds is 3. The maximum atomic E-state index is 12.7. The molecule has 0 saturated carbocycles. The minimum absolute atomic E-state index is 0.0447. The first-order chi connectivity index (χ1) is 13.2. The van der Waals surface area contributed by atoms with E-state index in [1.807, 2.05) is 11.3 Å². The summed E-state index contributed by atoms with van der Waals surface area (Å²) in [6, 6.07) is 6.66. The van der Waals surface area contributed by atoms with Gasteiger partial charge in [-0.2, -0.15) is 0 Å². The molecule has 1 N–H and O–H groups in total. The van der Waals surface area contributed by atoms with Crippen molar-refractivity contribution in [3.8, 4) is 0 Å². The zero-order valence-corrected chi connectivity index (χ0v) is 21.9. The van der Waals surface area contributed by atoms with Crippen LogP contribution in [0, 0.1) is 27.7 Å². The SMILES string of the molecule is Cc1cc(C(O)(c2cc(C)sc2C)c2cc(C(C)(C)C)sc2C(C)(C)C)c(C)s1. The number of thiophene rings is 3. The molecule has 158 valence electrons. The quantitative estimate of drug-likeness (QED) is 0.432. The summed E-state index contributed by atoms with van der Waals surface area (Å²) in [5.41, 5.74) is 1.99. The molecule has 0 bridgehead atoms. The van der Waals surface area contributed by atoms with Crippen LogP contribution in [0.3, 0.4) is 0 Å². The van der Waals surface area contributed by atoms with Crippen LogP contribution in [-0.2, 0) is 16.4 Å². The fourth-order valence-corrected chi connectivity index (χ4v) is 7.28. The highest BCUT2D eigenvalue weighted by molar-refractivity contribution is 7.13. The summed E-state index contributed by atoms with van der Waals surface area (Å²) in [6.07, 6.45) is 0. The van der Waals surface area contributed by atoms with Gasteiger partial charge in [0.1, 0.15) is 5.60 Å². The van der Waals surface area contributed by atoms with E-state index in [0.717, 1.165) is 16.7 Å². The van der Waals surface area contributed by atoms with Gasteiger partial charge < -0.3 is 5.11 Å². The summed E-state index contributed by atoms with van der Waals surface area (Å²) in [4.78, 5) is 7.46. The molecule has 0 spiro atoms. The summed E-state index contributed by atoms with van der Waals surface area (Å²) < 4.78 is 0. The predicted molar refractivity (Wildman–Crippen MR) is 131 cm³/mol. The molecule has 0 atom stereocenters. The fourth-order valence-electron chi connectivity index (χ4n) is 4.00. The maximum absolute atomic E-state index is 12.7. The molecule has 0 fully saturated rings. The van der Waals surface area contributed by atoms with E-state index in [0.29, 0.717) is 0 Å². The van der Waals surface area contributed by atoms with Gasteiger partial charge >= 0.3 is 0 Å². The Morgan fingerprint density at radius 1 is 0.621 bits per heavy atom. The van der Waals surface area contributed by atoms with Crippen molar-refractivity contribution in [2.75, 3.05) is 0 Å². The Hall–Kier alpha value is -0.940. The Labute approximate surface area is 188 Å². The molecule has 4 heteroatoms. The lowest BCUT2D eigenvalue weighted by molar-refractivity contribution is 0.124. The minimum atomic E-state index is -1.13. The summed E-state index contributed by atoms with van der Waals surface area (Å²) in [5.74, 6) is 0. The molecule has 3 aromatic heterocycles. The van der Waals surface area contributed by atoms with Gasteiger partial charge in [0.05, 0.1) is 0 Å². The van der Waals surface area contributed by atoms with Crippen molar-refractivity contribution in [1.82, 2.24) is 0 Å². The molecule has 0 aliphatic carbocycles. The highest BCUT2D eigenvalue weighted by Crippen LogP contribution is 2.50. The lowest BCUT2D eigenvalue weighted by atomic mass is 9.76. The third-order valence-corrected chi connectivity index (χ3v) is 9.32. The van der Waals surface area contributed by atoms with Crippen LogP contribution in [0.1, 0.15) is 87.5 Å². The Kier molecular flexibility index (Phi) is 5.75. The van der Waals surface area contributed by atoms with Crippen molar-refractivity contribution in [1.29, 1.82) is 0 Å². The average molecular weight is 447 g/mol. The first-order valence-corrected chi connectivity index (χ1v) is 12.6. The lowest BCUT2D eigenvalue weighted by Gasteiger charge is -2.33. The molecule has 0 radical (unpaired) electrons. The van der Waals surface area contributed by atoms with Crippen LogP contribution in [0.2, 0.25) is 0 Å². The van der Waals surface area contributed by atoms with Crippen molar-refractivity contribution in [2.24, 2.45) is 0 Å². The molecular formula is C25H34OS3. The summed E-state index contributed by atoms with van der Waals surface area (Å²) in [6.45, 7) is 22.1. The van der Waals surface area contributed by atoms with E-state index in [-0.39, 0.29) is 10.8 Å². The highest BCUT2D eigenvalue weighted by Gasteiger charge is 2.43. The van der Waals surface area contributed by atoms with Gasteiger partial charge in [-0.1, -0.05) is 41.5 Å². The number of aliphatic hydroxyl groups is 1. The van der Waals surface area contributed by atoms with Crippen LogP contribution in [-0.4, -0.2) is 5.11 Å². The van der Waals surface area contributed by atoms with Gasteiger partial charge in [0, 0.05) is 46.0 Å². The van der Waals surface area contributed by atoms with Crippen molar-refractivity contribution in [3.05, 3.63) is 64.2 Å². The second kappa shape index (κ2) is 7.33. The second-order valence-electron chi connectivity index (χ2n) is 10.2. The Morgan fingerprint density at radius 3 is 1.38 bits per heavy atom. The average Bonchev–Trinajstić information content (AvgIpc) is 3.23. The molecule has 0 saturated heterocycles. The smallest absolute Gasteiger partial charge is 0.143 e. The van der Waals surface area contributed by atoms with Gasteiger partial charge in [0.2, 0.25) is 0 Å². The molecule has 1 nitrogen and oxygen atoms in total. The number of hydrogen-bond donors (Lipinski definition) is 1. The van der Waals surface area contributed by atoms with Crippen LogP contribution >= 0.6 is 34.0 Å².